The average molecular weight is 289 g/mol. The molecule has 7 heteroatoms. The molecule has 18 heavy (non-hydrogen) atoms. The molecule has 0 spiro atoms. The van der Waals surface area contributed by atoms with Crippen molar-refractivity contribution in [1.29, 1.82) is 0 Å². The van der Waals surface area contributed by atoms with Gasteiger partial charge in [-0.1, -0.05) is 0 Å². The van der Waals surface area contributed by atoms with Gasteiger partial charge in [0.15, 0.2) is 0 Å². The first-order valence-corrected chi connectivity index (χ1v) is 5.99. The van der Waals surface area contributed by atoms with Crippen molar-refractivity contribution in [2.75, 3.05) is 19.6 Å². The van der Waals surface area contributed by atoms with Gasteiger partial charge in [0.05, 0.1) is 5.92 Å². The molecule has 1 aliphatic rings. The van der Waals surface area contributed by atoms with E-state index in [1.807, 2.05) is 0 Å². The quantitative estimate of drug-likeness (QED) is 0.807. The largest absolute Gasteiger partial charge is 0.393 e. The van der Waals surface area contributed by atoms with Crippen LogP contribution < -0.4 is 5.73 Å². The monoisotopic (exact) mass is 288 g/mol. The molecule has 0 aliphatic carbocycles. The number of rotatable bonds is 4. The van der Waals surface area contributed by atoms with Crippen LogP contribution in [0, 0.1) is 5.92 Å². The number of nitrogens with zero attached hydrogens (tertiary/aromatic N) is 1. The summed E-state index contributed by atoms with van der Waals surface area (Å²) in [5.41, 5.74) is 5.30. The summed E-state index contributed by atoms with van der Waals surface area (Å²) in [6, 6.07) is 0. The van der Waals surface area contributed by atoms with Crippen LogP contribution in [0.4, 0.5) is 13.2 Å². The Hall–Kier alpha value is -0.490. The predicted octanol–water partition coefficient (Wildman–Crippen LogP) is 2.34. The molecule has 1 amide bonds. The number of halogens is 4. The first-order valence-electron chi connectivity index (χ1n) is 5.99. The summed E-state index contributed by atoms with van der Waals surface area (Å²) >= 11 is 0. The molecular weight excluding hydrogens is 269 g/mol. The van der Waals surface area contributed by atoms with Gasteiger partial charge < -0.3 is 10.6 Å². The minimum absolute atomic E-state index is 0. The molecule has 3 nitrogen and oxygen atoms in total. The van der Waals surface area contributed by atoms with E-state index in [0.29, 0.717) is 32.4 Å². The first kappa shape index (κ1) is 17.5. The van der Waals surface area contributed by atoms with E-state index in [0.717, 1.165) is 6.42 Å². The summed E-state index contributed by atoms with van der Waals surface area (Å²) in [6.07, 6.45) is -1.91. The zero-order valence-corrected chi connectivity index (χ0v) is 11.0. The van der Waals surface area contributed by atoms with E-state index in [9.17, 15) is 18.0 Å². The van der Waals surface area contributed by atoms with Gasteiger partial charge in [0.25, 0.3) is 0 Å². The van der Waals surface area contributed by atoms with Gasteiger partial charge in [0.1, 0.15) is 0 Å². The van der Waals surface area contributed by atoms with Crippen LogP contribution in [0.1, 0.15) is 32.1 Å². The zero-order chi connectivity index (χ0) is 12.9. The Balaban J connectivity index is 0.00000289. The van der Waals surface area contributed by atoms with Gasteiger partial charge in [-0.15, -0.1) is 12.4 Å². The van der Waals surface area contributed by atoms with E-state index >= 15 is 0 Å². The number of unbranched alkanes of at least 4 members (excludes halogenated alkanes) is 1. The summed E-state index contributed by atoms with van der Waals surface area (Å²) < 4.78 is 37.6. The molecule has 1 atom stereocenters. The summed E-state index contributed by atoms with van der Waals surface area (Å²) in [6.45, 7) is 0.789. The highest BCUT2D eigenvalue weighted by Crippen LogP contribution is 2.33. The molecule has 0 aromatic carbocycles. The van der Waals surface area contributed by atoms with Gasteiger partial charge in [-0.2, -0.15) is 13.2 Å². The number of carbonyl (C=O) groups is 1. The average Bonchev–Trinajstić information content (AvgIpc) is 2.28. The maximum atomic E-state index is 12.5. The molecule has 0 aromatic rings. The second-order valence-corrected chi connectivity index (χ2v) is 4.47. The lowest BCUT2D eigenvalue weighted by molar-refractivity contribution is -0.188. The summed E-state index contributed by atoms with van der Waals surface area (Å²) in [7, 11) is 0. The molecule has 0 radical (unpaired) electrons. The number of piperidine rings is 1. The standard InChI is InChI=1S/C11H19F3N2O.ClH/c12-11(13,14)9-4-3-7-16(8-9)10(17)5-1-2-6-15;/h9H,1-8,15H2;1H. The number of likely N-dealkylation sites (tertiary alicyclic amines) is 1. The van der Waals surface area contributed by atoms with Crippen molar-refractivity contribution in [2.24, 2.45) is 11.7 Å². The molecule has 1 fully saturated rings. The summed E-state index contributed by atoms with van der Waals surface area (Å²) in [4.78, 5) is 13.0. The molecule has 108 valence electrons. The van der Waals surface area contributed by atoms with Gasteiger partial charge in [0, 0.05) is 19.5 Å². The lowest BCUT2D eigenvalue weighted by atomic mass is 9.97. The lowest BCUT2D eigenvalue weighted by Gasteiger charge is -2.33. The molecule has 1 unspecified atom stereocenters. The van der Waals surface area contributed by atoms with Gasteiger partial charge in [-0.3, -0.25) is 4.79 Å². The molecule has 0 saturated carbocycles. The Morgan fingerprint density at radius 2 is 2.00 bits per heavy atom. The highest BCUT2D eigenvalue weighted by Gasteiger charge is 2.42. The Bertz CT molecular complexity index is 261. The van der Waals surface area contributed by atoms with Crippen molar-refractivity contribution >= 4 is 18.3 Å². The van der Waals surface area contributed by atoms with E-state index in [2.05, 4.69) is 0 Å². The fourth-order valence-electron chi connectivity index (χ4n) is 2.05. The zero-order valence-electron chi connectivity index (χ0n) is 10.2. The van der Waals surface area contributed by atoms with E-state index < -0.39 is 12.1 Å². The normalized spacial score (nSPS) is 20.4. The molecule has 1 saturated heterocycles. The van der Waals surface area contributed by atoms with Crippen LogP contribution in [0.2, 0.25) is 0 Å². The third kappa shape index (κ3) is 5.44. The fourth-order valence-corrected chi connectivity index (χ4v) is 2.05. The number of hydrogen-bond acceptors (Lipinski definition) is 2. The maximum absolute atomic E-state index is 12.5. The van der Waals surface area contributed by atoms with Crippen LogP contribution in [0.15, 0.2) is 0 Å². The van der Waals surface area contributed by atoms with E-state index in [1.54, 1.807) is 0 Å². The predicted molar refractivity (Wildman–Crippen MR) is 65.5 cm³/mol. The van der Waals surface area contributed by atoms with Gasteiger partial charge in [0.2, 0.25) is 5.91 Å². The fraction of sp³-hybridized carbons (Fsp3) is 0.909. The van der Waals surface area contributed by atoms with Gasteiger partial charge in [-0.25, -0.2) is 0 Å². The molecule has 2 N–H and O–H groups in total. The number of alkyl halides is 3. The third-order valence-electron chi connectivity index (χ3n) is 3.08. The smallest absolute Gasteiger partial charge is 0.342 e. The van der Waals surface area contributed by atoms with Crippen molar-refractivity contribution < 1.29 is 18.0 Å². The second kappa shape index (κ2) is 7.84. The van der Waals surface area contributed by atoms with Crippen molar-refractivity contribution in [1.82, 2.24) is 4.90 Å². The summed E-state index contributed by atoms with van der Waals surface area (Å²) in [5, 5.41) is 0. The van der Waals surface area contributed by atoms with Crippen LogP contribution in [0.3, 0.4) is 0 Å². The topological polar surface area (TPSA) is 46.3 Å². The van der Waals surface area contributed by atoms with Crippen LogP contribution in [0.5, 0.6) is 0 Å². The molecular formula is C11H20ClF3N2O. The van der Waals surface area contributed by atoms with Crippen molar-refractivity contribution in [3.63, 3.8) is 0 Å². The molecule has 1 rings (SSSR count). The lowest BCUT2D eigenvalue weighted by Crippen LogP contribution is -2.44. The highest BCUT2D eigenvalue weighted by atomic mass is 35.5. The molecule has 0 aromatic heterocycles. The Morgan fingerprint density at radius 3 is 2.56 bits per heavy atom. The molecule has 0 bridgehead atoms. The van der Waals surface area contributed by atoms with Crippen molar-refractivity contribution in [3.8, 4) is 0 Å². The minimum atomic E-state index is -4.18. The van der Waals surface area contributed by atoms with Gasteiger partial charge >= 0.3 is 6.18 Å². The van der Waals surface area contributed by atoms with E-state index in [4.69, 9.17) is 5.73 Å². The Labute approximate surface area is 111 Å². The van der Waals surface area contributed by atoms with Crippen molar-refractivity contribution in [3.05, 3.63) is 0 Å². The number of nitrogens with two attached hydrogens (primary N) is 1. The van der Waals surface area contributed by atoms with Crippen LogP contribution in [-0.2, 0) is 4.79 Å². The molecule has 1 aliphatic heterocycles. The third-order valence-corrected chi connectivity index (χ3v) is 3.08. The maximum Gasteiger partial charge on any atom is 0.393 e. The summed E-state index contributed by atoms with van der Waals surface area (Å²) in [5.74, 6) is -1.53. The Kier molecular flexibility index (Phi) is 7.62. The minimum Gasteiger partial charge on any atom is -0.342 e. The van der Waals surface area contributed by atoms with Gasteiger partial charge in [-0.05, 0) is 32.2 Å². The van der Waals surface area contributed by atoms with Crippen LogP contribution in [0.25, 0.3) is 0 Å². The SMILES string of the molecule is Cl.NCCCCC(=O)N1CCCC(C(F)(F)F)C1. The van der Waals surface area contributed by atoms with Crippen molar-refractivity contribution in [2.45, 2.75) is 38.3 Å². The molecule has 1 heterocycles. The number of hydrogen-bond donors (Lipinski definition) is 1. The Morgan fingerprint density at radius 1 is 1.33 bits per heavy atom. The second-order valence-electron chi connectivity index (χ2n) is 4.47. The highest BCUT2D eigenvalue weighted by molar-refractivity contribution is 5.85. The number of carbonyl (C=O) groups excluding carboxylic acids is 1. The van der Waals surface area contributed by atoms with Crippen LogP contribution >= 0.6 is 12.4 Å². The van der Waals surface area contributed by atoms with E-state index in [1.165, 1.54) is 4.90 Å². The van der Waals surface area contributed by atoms with E-state index in [-0.39, 0.29) is 31.3 Å². The first-order chi connectivity index (χ1) is 7.95. The van der Waals surface area contributed by atoms with Crippen LogP contribution in [-0.4, -0.2) is 36.6 Å². The number of amides is 1.